The minimum absolute atomic E-state index is 0.0694. The molecular weight excluding hydrogens is 612 g/mol. The number of alkyl carbamates (subject to hydrolysis) is 1. The van der Waals surface area contributed by atoms with Crippen LogP contribution < -0.4 is 15.0 Å². The van der Waals surface area contributed by atoms with Crippen molar-refractivity contribution in [3.8, 4) is 17.3 Å². The molecule has 1 unspecified atom stereocenters. The molecule has 2 aromatic heterocycles. The third-order valence-corrected chi connectivity index (χ3v) is 8.69. The molecule has 2 atom stereocenters. The first-order valence-electron chi connectivity index (χ1n) is 16.5. The number of aryl methyl sites for hydroxylation is 1. The maximum Gasteiger partial charge on any atom is 0.414 e. The van der Waals surface area contributed by atoms with Crippen molar-refractivity contribution in [2.75, 3.05) is 31.6 Å². The maximum absolute atomic E-state index is 13.9. The van der Waals surface area contributed by atoms with Gasteiger partial charge in [0.15, 0.2) is 5.82 Å². The van der Waals surface area contributed by atoms with Crippen LogP contribution in [-0.2, 0) is 16.5 Å². The van der Waals surface area contributed by atoms with E-state index in [9.17, 15) is 14.4 Å². The predicted molar refractivity (Wildman–Crippen MR) is 185 cm³/mol. The van der Waals surface area contributed by atoms with E-state index in [1.807, 2.05) is 77.4 Å². The zero-order valence-electron chi connectivity index (χ0n) is 29.3. The van der Waals surface area contributed by atoms with Crippen LogP contribution in [0.25, 0.3) is 33.5 Å². The van der Waals surface area contributed by atoms with Crippen LogP contribution in [-0.4, -0.2) is 81.1 Å². The fraction of sp³-hybridized carbons (Fsp3) is 0.500. The van der Waals surface area contributed by atoms with Crippen LogP contribution in [0.1, 0.15) is 77.7 Å². The van der Waals surface area contributed by atoms with E-state index in [1.165, 1.54) is 0 Å². The van der Waals surface area contributed by atoms with E-state index in [0.29, 0.717) is 42.3 Å². The lowest BCUT2D eigenvalue weighted by Crippen LogP contribution is -2.50. The molecule has 1 N–H and O–H groups in total. The number of carbonyl (C=O) groups is 3. The van der Waals surface area contributed by atoms with Crippen LogP contribution in [0.2, 0.25) is 0 Å². The highest BCUT2D eigenvalue weighted by atomic mass is 16.6. The van der Waals surface area contributed by atoms with Gasteiger partial charge in [0.2, 0.25) is 0 Å². The molecule has 1 saturated heterocycles. The number of nitrogens with zero attached hydrogens (tertiary/aromatic N) is 5. The number of aromatic nitrogens is 3. The van der Waals surface area contributed by atoms with Crippen molar-refractivity contribution in [2.45, 2.75) is 84.6 Å². The van der Waals surface area contributed by atoms with E-state index in [0.717, 1.165) is 40.6 Å². The van der Waals surface area contributed by atoms with Crippen molar-refractivity contribution in [2.24, 2.45) is 7.05 Å². The molecule has 4 heterocycles. The molecule has 2 aliphatic heterocycles. The van der Waals surface area contributed by atoms with E-state index >= 15 is 0 Å². The highest BCUT2D eigenvalue weighted by Crippen LogP contribution is 2.42. The average Bonchev–Trinajstić information content (AvgIpc) is 3.55. The second-order valence-electron chi connectivity index (χ2n) is 14.8. The van der Waals surface area contributed by atoms with Crippen molar-refractivity contribution in [3.05, 3.63) is 42.0 Å². The van der Waals surface area contributed by atoms with E-state index in [4.69, 9.17) is 19.2 Å². The highest BCUT2D eigenvalue weighted by molar-refractivity contribution is 6.04. The molecule has 1 fully saturated rings. The Morgan fingerprint density at radius 3 is 2.38 bits per heavy atom. The van der Waals surface area contributed by atoms with Crippen LogP contribution in [0.5, 0.6) is 5.75 Å². The Morgan fingerprint density at radius 1 is 0.958 bits per heavy atom. The van der Waals surface area contributed by atoms with Gasteiger partial charge in [0.25, 0.3) is 5.91 Å². The van der Waals surface area contributed by atoms with Crippen molar-refractivity contribution in [3.63, 3.8) is 0 Å². The molecule has 0 aliphatic carbocycles. The Hall–Kier alpha value is -4.74. The summed E-state index contributed by atoms with van der Waals surface area (Å²) >= 11 is 0. The number of hydrogen-bond acceptors (Lipinski definition) is 7. The number of ether oxygens (including phenoxy) is 3. The minimum Gasteiger partial charge on any atom is -0.494 e. The molecule has 2 aromatic carbocycles. The van der Waals surface area contributed by atoms with Gasteiger partial charge in [0.05, 0.1) is 29.5 Å². The van der Waals surface area contributed by atoms with Crippen LogP contribution in [0.15, 0.2) is 36.4 Å². The number of carbonyl (C=O) groups excluding carboxylic acids is 3. The van der Waals surface area contributed by atoms with Crippen molar-refractivity contribution < 1.29 is 28.6 Å². The Kier molecular flexibility index (Phi) is 8.33. The maximum atomic E-state index is 13.9. The zero-order chi connectivity index (χ0) is 34.7. The second kappa shape index (κ2) is 12.1. The summed E-state index contributed by atoms with van der Waals surface area (Å²) in [4.78, 5) is 48.1. The molecule has 0 bridgehead atoms. The Bertz CT molecular complexity index is 1910. The number of fused-ring (bicyclic) bond motifs is 1. The molecule has 12 heteroatoms. The zero-order valence-corrected chi connectivity index (χ0v) is 29.3. The third kappa shape index (κ3) is 6.27. The SMILES string of the molecule is COc1cc(C(=O)N2CCC[C@@H](NC(=O)OC(C)(C)C)C2)cc2nc(-c3cc4cccc5c4n3C(C)CN5C(=O)OC(C)(C)C)n(C)c12. The standard InChI is InChI=1S/C36H46N6O6/c1-21-19-41(34(45)48-36(5,6)7)26-14-10-12-22-17-27(42(21)29(22)26)31-38-25-16-23(18-28(46-9)30(25)39(31)8)32(43)40-15-11-13-24(20-40)37-33(44)47-35(2,3)4/h10,12,14,16-18,21,24H,11,13,15,19-20H2,1-9H3,(H,37,44)/t21?,24-/m1/s1. The number of rotatable bonds is 4. The van der Waals surface area contributed by atoms with Crippen molar-refractivity contribution in [1.82, 2.24) is 24.3 Å². The smallest absolute Gasteiger partial charge is 0.414 e. The molecule has 0 radical (unpaired) electrons. The number of anilines is 1. The number of benzene rings is 2. The van der Waals surface area contributed by atoms with Crippen LogP contribution in [0.3, 0.4) is 0 Å². The first kappa shape index (κ1) is 33.2. The quantitative estimate of drug-likeness (QED) is 0.261. The summed E-state index contributed by atoms with van der Waals surface area (Å²) in [5, 5.41) is 3.90. The number of nitrogens with one attached hydrogen (secondary N) is 1. The lowest BCUT2D eigenvalue weighted by atomic mass is 10.0. The molecule has 0 spiro atoms. The number of amides is 3. The van der Waals surface area contributed by atoms with Crippen molar-refractivity contribution in [1.29, 1.82) is 0 Å². The monoisotopic (exact) mass is 658 g/mol. The topological polar surface area (TPSA) is 120 Å². The van der Waals surface area contributed by atoms with Crippen LogP contribution >= 0.6 is 0 Å². The predicted octanol–water partition coefficient (Wildman–Crippen LogP) is 6.65. The van der Waals surface area contributed by atoms with E-state index in [-0.39, 0.29) is 24.1 Å². The molecule has 2 aliphatic rings. The summed E-state index contributed by atoms with van der Waals surface area (Å²) in [5.74, 6) is 1.10. The summed E-state index contributed by atoms with van der Waals surface area (Å²) in [6.07, 6.45) is 0.664. The molecule has 48 heavy (non-hydrogen) atoms. The molecule has 0 saturated carbocycles. The lowest BCUT2D eigenvalue weighted by molar-refractivity contribution is 0.0451. The summed E-state index contributed by atoms with van der Waals surface area (Å²) in [6.45, 7) is 14.6. The lowest BCUT2D eigenvalue weighted by Gasteiger charge is -2.35. The Balaban J connectivity index is 1.34. The highest BCUT2D eigenvalue weighted by Gasteiger charge is 2.34. The van der Waals surface area contributed by atoms with Gasteiger partial charge in [0.1, 0.15) is 22.5 Å². The molecule has 3 amide bonds. The van der Waals surface area contributed by atoms with Gasteiger partial charge in [-0.25, -0.2) is 14.6 Å². The van der Waals surface area contributed by atoms with Gasteiger partial charge in [0, 0.05) is 49.7 Å². The molecule has 12 nitrogen and oxygen atoms in total. The summed E-state index contributed by atoms with van der Waals surface area (Å²) < 4.78 is 21.2. The molecule has 256 valence electrons. The van der Waals surface area contributed by atoms with Gasteiger partial charge in [-0.05, 0) is 85.6 Å². The minimum atomic E-state index is -0.613. The fourth-order valence-electron chi connectivity index (χ4n) is 6.80. The first-order valence-corrected chi connectivity index (χ1v) is 16.5. The van der Waals surface area contributed by atoms with E-state index < -0.39 is 17.3 Å². The summed E-state index contributed by atoms with van der Waals surface area (Å²) in [7, 11) is 3.53. The molecule has 4 aromatic rings. The van der Waals surface area contributed by atoms with Gasteiger partial charge >= 0.3 is 12.2 Å². The van der Waals surface area contributed by atoms with E-state index in [2.05, 4.69) is 22.9 Å². The van der Waals surface area contributed by atoms with Crippen molar-refractivity contribution >= 4 is 45.7 Å². The van der Waals surface area contributed by atoms with Crippen LogP contribution in [0, 0.1) is 0 Å². The van der Waals surface area contributed by atoms with Gasteiger partial charge in [-0.15, -0.1) is 0 Å². The summed E-state index contributed by atoms with van der Waals surface area (Å²) in [6, 6.07) is 11.3. The number of para-hydroxylation sites is 1. The van der Waals surface area contributed by atoms with Crippen LogP contribution in [0.4, 0.5) is 15.3 Å². The average molecular weight is 659 g/mol. The first-order chi connectivity index (χ1) is 22.5. The van der Waals surface area contributed by atoms with Gasteiger partial charge < -0.3 is 33.6 Å². The molecule has 6 rings (SSSR count). The number of likely N-dealkylation sites (tertiary alicyclic amines) is 1. The normalized spacial score (nSPS) is 18.3. The molecular formula is C36H46N6O6. The Morgan fingerprint density at radius 2 is 1.69 bits per heavy atom. The number of piperidine rings is 1. The van der Waals surface area contributed by atoms with Gasteiger partial charge in [-0.3, -0.25) is 9.69 Å². The van der Waals surface area contributed by atoms with Gasteiger partial charge in [-0.2, -0.15) is 0 Å². The number of methoxy groups -OCH3 is 1. The van der Waals surface area contributed by atoms with E-state index in [1.54, 1.807) is 23.0 Å². The second-order valence-corrected chi connectivity index (χ2v) is 14.8. The summed E-state index contributed by atoms with van der Waals surface area (Å²) in [5.41, 5.74) is 3.27. The largest absolute Gasteiger partial charge is 0.494 e. The number of imidazole rings is 1. The van der Waals surface area contributed by atoms with Gasteiger partial charge in [-0.1, -0.05) is 12.1 Å². The fourth-order valence-corrected chi connectivity index (χ4v) is 6.80. The number of hydrogen-bond donors (Lipinski definition) is 1. The Labute approximate surface area is 280 Å². The third-order valence-electron chi connectivity index (χ3n) is 8.69.